The third-order valence-electron chi connectivity index (χ3n) is 4.24. The first-order valence-corrected chi connectivity index (χ1v) is 8.38. The number of benzene rings is 1. The number of para-hydroxylation sites is 1. The minimum atomic E-state index is 0. The van der Waals surface area contributed by atoms with Gasteiger partial charge in [0.1, 0.15) is 5.76 Å². The first kappa shape index (κ1) is 20.2. The quantitative estimate of drug-likeness (QED) is 0.344. The predicted molar refractivity (Wildman–Crippen MR) is 115 cm³/mol. The van der Waals surface area contributed by atoms with E-state index in [1.54, 1.807) is 7.05 Å². The molecule has 0 bridgehead atoms. The van der Waals surface area contributed by atoms with Crippen LogP contribution in [0.2, 0.25) is 0 Å². The van der Waals surface area contributed by atoms with Gasteiger partial charge in [-0.05, 0) is 31.9 Å². The third kappa shape index (κ3) is 4.72. The van der Waals surface area contributed by atoms with Gasteiger partial charge in [0.25, 0.3) is 0 Å². The zero-order valence-electron chi connectivity index (χ0n) is 15.2. The van der Waals surface area contributed by atoms with Gasteiger partial charge in [-0.15, -0.1) is 24.0 Å². The molecule has 0 atom stereocenters. The molecule has 7 heteroatoms. The zero-order chi connectivity index (χ0) is 17.6. The summed E-state index contributed by atoms with van der Waals surface area (Å²) in [4.78, 5) is 8.77. The van der Waals surface area contributed by atoms with E-state index in [2.05, 4.69) is 50.0 Å². The number of hydrogen-bond acceptors (Lipinski definition) is 4. The maximum Gasteiger partial charge on any atom is 0.191 e. The fraction of sp³-hybridized carbons (Fsp3) is 0.316. The molecule has 6 nitrogen and oxygen atoms in total. The minimum absolute atomic E-state index is 0. The first-order chi connectivity index (χ1) is 12.2. The van der Waals surface area contributed by atoms with E-state index in [-0.39, 0.29) is 24.0 Å². The smallest absolute Gasteiger partial charge is 0.191 e. The average molecular weight is 465 g/mol. The number of aliphatic imine (C=N–C) groups is 1. The second-order valence-corrected chi connectivity index (χ2v) is 5.90. The van der Waals surface area contributed by atoms with Crippen molar-refractivity contribution in [3.05, 3.63) is 59.1 Å². The lowest BCUT2D eigenvalue weighted by atomic mass is 10.1. The number of rotatable bonds is 5. The summed E-state index contributed by atoms with van der Waals surface area (Å²) in [5, 5.41) is 11.8. The molecular weight excluding hydrogens is 441 g/mol. The normalized spacial score (nSPS) is 11.3. The molecule has 3 aromatic rings. The van der Waals surface area contributed by atoms with E-state index >= 15 is 0 Å². The van der Waals surface area contributed by atoms with E-state index in [1.165, 1.54) is 10.9 Å². The van der Waals surface area contributed by atoms with Crippen LogP contribution in [0.15, 0.2) is 46.0 Å². The van der Waals surface area contributed by atoms with Crippen molar-refractivity contribution in [2.24, 2.45) is 4.99 Å². The van der Waals surface area contributed by atoms with Crippen molar-refractivity contribution in [2.45, 2.75) is 26.8 Å². The summed E-state index contributed by atoms with van der Waals surface area (Å²) in [7, 11) is 1.77. The highest BCUT2D eigenvalue weighted by molar-refractivity contribution is 14.0. The summed E-state index contributed by atoms with van der Waals surface area (Å²) in [5.41, 5.74) is 4.26. The molecule has 0 fully saturated rings. The maximum atomic E-state index is 5.18. The van der Waals surface area contributed by atoms with Gasteiger partial charge in [0.15, 0.2) is 5.96 Å². The molecule has 26 heavy (non-hydrogen) atoms. The Balaban J connectivity index is 0.00000243. The van der Waals surface area contributed by atoms with Gasteiger partial charge >= 0.3 is 0 Å². The van der Waals surface area contributed by atoms with Crippen LogP contribution in [0.25, 0.3) is 10.9 Å². The number of pyridine rings is 1. The van der Waals surface area contributed by atoms with Crippen molar-refractivity contribution in [1.82, 2.24) is 20.8 Å². The van der Waals surface area contributed by atoms with E-state index in [4.69, 9.17) is 4.52 Å². The molecular formula is C19H24IN5O. The van der Waals surface area contributed by atoms with E-state index in [9.17, 15) is 0 Å². The highest BCUT2D eigenvalue weighted by Gasteiger charge is 2.09. The number of fused-ring (bicyclic) bond motifs is 1. The van der Waals surface area contributed by atoms with Crippen molar-refractivity contribution in [1.29, 1.82) is 0 Å². The van der Waals surface area contributed by atoms with Crippen molar-refractivity contribution in [3.63, 3.8) is 0 Å². The Labute approximate surface area is 170 Å². The molecule has 0 aliphatic carbocycles. The second-order valence-electron chi connectivity index (χ2n) is 5.90. The molecule has 0 saturated heterocycles. The van der Waals surface area contributed by atoms with Crippen LogP contribution >= 0.6 is 24.0 Å². The second kappa shape index (κ2) is 9.51. The molecule has 0 spiro atoms. The lowest BCUT2D eigenvalue weighted by Crippen LogP contribution is -2.38. The van der Waals surface area contributed by atoms with Crippen LogP contribution in [0.4, 0.5) is 0 Å². The van der Waals surface area contributed by atoms with Crippen LogP contribution in [0.5, 0.6) is 0 Å². The molecule has 3 rings (SSSR count). The van der Waals surface area contributed by atoms with Gasteiger partial charge in [-0.1, -0.05) is 29.4 Å². The Morgan fingerprint density at radius 2 is 1.96 bits per heavy atom. The number of aromatic nitrogens is 2. The van der Waals surface area contributed by atoms with Crippen LogP contribution in [-0.4, -0.2) is 29.7 Å². The molecule has 0 radical (unpaired) electrons. The number of halogens is 1. The van der Waals surface area contributed by atoms with Crippen molar-refractivity contribution >= 4 is 40.8 Å². The highest BCUT2D eigenvalue weighted by atomic mass is 127. The molecule has 0 aliphatic rings. The lowest BCUT2D eigenvalue weighted by molar-refractivity contribution is 0.392. The molecule has 2 aromatic heterocycles. The molecule has 1 aromatic carbocycles. The topological polar surface area (TPSA) is 75.3 Å². The molecule has 2 heterocycles. The maximum absolute atomic E-state index is 5.18. The molecule has 138 valence electrons. The molecule has 0 amide bonds. The minimum Gasteiger partial charge on any atom is -0.361 e. The van der Waals surface area contributed by atoms with Crippen LogP contribution in [-0.2, 0) is 13.0 Å². The Morgan fingerprint density at radius 3 is 2.69 bits per heavy atom. The Hall–Kier alpha value is -2.16. The highest BCUT2D eigenvalue weighted by Crippen LogP contribution is 2.16. The summed E-state index contributed by atoms with van der Waals surface area (Å²) in [6, 6.07) is 10.3. The van der Waals surface area contributed by atoms with Gasteiger partial charge in [-0.3, -0.25) is 9.98 Å². The van der Waals surface area contributed by atoms with Crippen molar-refractivity contribution in [2.75, 3.05) is 13.6 Å². The van der Waals surface area contributed by atoms with E-state index in [0.717, 1.165) is 41.5 Å². The predicted octanol–water partition coefficient (Wildman–Crippen LogP) is 3.37. The van der Waals surface area contributed by atoms with Crippen LogP contribution in [0, 0.1) is 13.8 Å². The number of hydrogen-bond donors (Lipinski definition) is 2. The summed E-state index contributed by atoms with van der Waals surface area (Å²) < 4.78 is 5.18. The van der Waals surface area contributed by atoms with Crippen molar-refractivity contribution in [3.8, 4) is 0 Å². The third-order valence-corrected chi connectivity index (χ3v) is 4.24. The Kier molecular flexibility index (Phi) is 7.38. The Bertz CT molecular complexity index is 866. The zero-order valence-corrected chi connectivity index (χ0v) is 17.6. The van der Waals surface area contributed by atoms with Gasteiger partial charge in [-0.2, -0.15) is 0 Å². The van der Waals surface area contributed by atoms with Crippen LogP contribution in [0.3, 0.4) is 0 Å². The number of nitrogens with one attached hydrogen (secondary N) is 2. The number of nitrogens with zero attached hydrogens (tertiary/aromatic N) is 3. The fourth-order valence-electron chi connectivity index (χ4n) is 2.83. The molecule has 0 saturated carbocycles. The molecule has 0 unspecified atom stereocenters. The first-order valence-electron chi connectivity index (χ1n) is 8.38. The van der Waals surface area contributed by atoms with Crippen LogP contribution in [0.1, 0.15) is 22.6 Å². The monoisotopic (exact) mass is 465 g/mol. The lowest BCUT2D eigenvalue weighted by Gasteiger charge is -2.12. The van der Waals surface area contributed by atoms with Gasteiger partial charge in [0.05, 0.1) is 11.2 Å². The summed E-state index contributed by atoms with van der Waals surface area (Å²) in [6.45, 7) is 5.27. The molecule has 0 aliphatic heterocycles. The van der Waals surface area contributed by atoms with Gasteiger partial charge in [-0.25, -0.2) is 0 Å². The van der Waals surface area contributed by atoms with E-state index in [1.807, 2.05) is 26.1 Å². The summed E-state index contributed by atoms with van der Waals surface area (Å²) in [5.74, 6) is 1.59. The SMILES string of the molecule is CN=C(NCCc1cccc2cccnc12)NCc1c(C)noc1C.I. The summed E-state index contributed by atoms with van der Waals surface area (Å²) >= 11 is 0. The fourth-order valence-corrected chi connectivity index (χ4v) is 2.83. The molecule has 2 N–H and O–H groups in total. The number of guanidine groups is 1. The van der Waals surface area contributed by atoms with Crippen LogP contribution < -0.4 is 10.6 Å². The van der Waals surface area contributed by atoms with Gasteiger partial charge < -0.3 is 15.2 Å². The van der Waals surface area contributed by atoms with Gasteiger partial charge in [0.2, 0.25) is 0 Å². The van der Waals surface area contributed by atoms with E-state index < -0.39 is 0 Å². The number of aryl methyl sites for hydroxylation is 2. The van der Waals surface area contributed by atoms with E-state index in [0.29, 0.717) is 6.54 Å². The van der Waals surface area contributed by atoms with Gasteiger partial charge in [0, 0.05) is 37.3 Å². The standard InChI is InChI=1S/C19H23N5O.HI/c1-13-17(14(2)25-24-13)12-23-19(20-3)22-11-9-16-7-4-6-15-8-5-10-21-18(15)16;/h4-8,10H,9,11-12H2,1-3H3,(H2,20,22,23);1H. The summed E-state index contributed by atoms with van der Waals surface area (Å²) in [6.07, 6.45) is 2.71. The Morgan fingerprint density at radius 1 is 1.15 bits per heavy atom. The van der Waals surface area contributed by atoms with Crippen molar-refractivity contribution < 1.29 is 4.52 Å². The average Bonchev–Trinajstić information content (AvgIpc) is 2.96. The largest absolute Gasteiger partial charge is 0.361 e.